The first-order chi connectivity index (χ1) is 14.4. The first-order valence-electron chi connectivity index (χ1n) is 12.8. The van der Waals surface area contributed by atoms with Crippen LogP contribution in [0.2, 0.25) is 0 Å². The summed E-state index contributed by atoms with van der Waals surface area (Å²) in [5.74, 6) is 4.40. The summed E-state index contributed by atoms with van der Waals surface area (Å²) >= 11 is 0. The standard InChI is InChI=1S/C26H38O4/c1-16(30-24(28)26-13-20-7-21(14-26)9-22(8-20)15-26)23(27)29-3-2-25-10-17-4-18(11-25)6-19(5-17)12-25/h16-22H,2-15H2,1H3. The second kappa shape index (κ2) is 6.97. The third-order valence-corrected chi connectivity index (χ3v) is 10.1. The Morgan fingerprint density at radius 1 is 0.767 bits per heavy atom. The number of ether oxygens (including phenoxy) is 2. The Labute approximate surface area is 180 Å². The van der Waals surface area contributed by atoms with Crippen LogP contribution in [0.15, 0.2) is 0 Å². The molecule has 0 heterocycles. The molecule has 4 heteroatoms. The van der Waals surface area contributed by atoms with Crippen molar-refractivity contribution in [1.29, 1.82) is 0 Å². The number of carbonyl (C=O) groups excluding carboxylic acids is 2. The molecular formula is C26H38O4. The average molecular weight is 415 g/mol. The zero-order valence-electron chi connectivity index (χ0n) is 18.6. The second-order valence-electron chi connectivity index (χ2n) is 12.6. The van der Waals surface area contributed by atoms with E-state index in [2.05, 4.69) is 0 Å². The molecule has 8 aliphatic rings. The van der Waals surface area contributed by atoms with Crippen LogP contribution in [0.5, 0.6) is 0 Å². The molecule has 0 aromatic carbocycles. The highest BCUT2D eigenvalue weighted by Gasteiger charge is 2.56. The highest BCUT2D eigenvalue weighted by Crippen LogP contribution is 2.62. The predicted molar refractivity (Wildman–Crippen MR) is 112 cm³/mol. The van der Waals surface area contributed by atoms with Gasteiger partial charge in [0.25, 0.3) is 0 Å². The van der Waals surface area contributed by atoms with Crippen molar-refractivity contribution in [1.82, 2.24) is 0 Å². The van der Waals surface area contributed by atoms with E-state index in [0.717, 1.165) is 43.4 Å². The molecule has 8 saturated carbocycles. The van der Waals surface area contributed by atoms with E-state index >= 15 is 0 Å². The van der Waals surface area contributed by atoms with Gasteiger partial charge in [0.15, 0.2) is 6.10 Å². The third kappa shape index (κ3) is 3.32. The van der Waals surface area contributed by atoms with Gasteiger partial charge in [-0.1, -0.05) is 0 Å². The maximum Gasteiger partial charge on any atom is 0.347 e. The van der Waals surface area contributed by atoms with Gasteiger partial charge >= 0.3 is 11.9 Å². The van der Waals surface area contributed by atoms with Crippen molar-refractivity contribution in [3.63, 3.8) is 0 Å². The molecule has 0 aliphatic heterocycles. The molecule has 0 N–H and O–H groups in total. The van der Waals surface area contributed by atoms with E-state index in [-0.39, 0.29) is 17.4 Å². The van der Waals surface area contributed by atoms with Gasteiger partial charge in [0, 0.05) is 0 Å². The molecule has 1 atom stereocenters. The molecule has 1 unspecified atom stereocenters. The minimum absolute atomic E-state index is 0.118. The van der Waals surface area contributed by atoms with Crippen LogP contribution in [0.3, 0.4) is 0 Å². The Morgan fingerprint density at radius 3 is 1.67 bits per heavy atom. The van der Waals surface area contributed by atoms with Crippen molar-refractivity contribution < 1.29 is 19.1 Å². The third-order valence-electron chi connectivity index (χ3n) is 10.1. The van der Waals surface area contributed by atoms with Crippen LogP contribution in [0.4, 0.5) is 0 Å². The van der Waals surface area contributed by atoms with Crippen molar-refractivity contribution >= 4 is 11.9 Å². The Bertz CT molecular complexity index is 654. The van der Waals surface area contributed by atoms with Crippen LogP contribution in [-0.4, -0.2) is 24.6 Å². The van der Waals surface area contributed by atoms with Gasteiger partial charge in [0.2, 0.25) is 0 Å². The van der Waals surface area contributed by atoms with Gasteiger partial charge in [-0.15, -0.1) is 0 Å². The summed E-state index contributed by atoms with van der Waals surface area (Å²) in [5.41, 5.74) is 0.122. The lowest BCUT2D eigenvalue weighted by Crippen LogP contribution is -2.51. The predicted octanol–water partition coefficient (Wildman–Crippen LogP) is 5.28. The summed E-state index contributed by atoms with van der Waals surface area (Å²) in [5, 5.41) is 0. The van der Waals surface area contributed by atoms with Crippen LogP contribution >= 0.6 is 0 Å². The Morgan fingerprint density at radius 2 is 1.20 bits per heavy atom. The number of esters is 2. The molecule has 0 spiro atoms. The van der Waals surface area contributed by atoms with Crippen molar-refractivity contribution in [3.8, 4) is 0 Å². The van der Waals surface area contributed by atoms with Gasteiger partial charge in [-0.2, -0.15) is 0 Å². The zero-order valence-corrected chi connectivity index (χ0v) is 18.6. The average Bonchev–Trinajstić information content (AvgIpc) is 2.65. The zero-order chi connectivity index (χ0) is 20.5. The van der Waals surface area contributed by atoms with E-state index in [1.807, 2.05) is 0 Å². The van der Waals surface area contributed by atoms with Crippen LogP contribution in [0.25, 0.3) is 0 Å². The summed E-state index contributed by atoms with van der Waals surface area (Å²) in [6, 6.07) is 0. The van der Waals surface area contributed by atoms with Crippen molar-refractivity contribution in [2.75, 3.05) is 6.61 Å². The van der Waals surface area contributed by atoms with Gasteiger partial charge in [-0.05, 0) is 131 Å². The van der Waals surface area contributed by atoms with Crippen LogP contribution in [0.1, 0.15) is 90.4 Å². The molecule has 30 heavy (non-hydrogen) atoms. The smallest absolute Gasteiger partial charge is 0.347 e. The molecule has 0 aromatic heterocycles. The topological polar surface area (TPSA) is 52.6 Å². The molecule has 0 aromatic rings. The second-order valence-corrected chi connectivity index (χ2v) is 12.6. The first-order valence-corrected chi connectivity index (χ1v) is 12.8. The minimum Gasteiger partial charge on any atom is -0.463 e. The molecule has 8 fully saturated rings. The molecular weight excluding hydrogens is 376 g/mol. The molecule has 0 radical (unpaired) electrons. The largest absolute Gasteiger partial charge is 0.463 e. The van der Waals surface area contributed by atoms with E-state index in [4.69, 9.17) is 9.47 Å². The van der Waals surface area contributed by atoms with Crippen molar-refractivity contribution in [3.05, 3.63) is 0 Å². The molecule has 8 rings (SSSR count). The van der Waals surface area contributed by atoms with E-state index < -0.39 is 6.10 Å². The quantitative estimate of drug-likeness (QED) is 0.555. The van der Waals surface area contributed by atoms with Crippen molar-refractivity contribution in [2.24, 2.45) is 46.3 Å². The fourth-order valence-electron chi connectivity index (χ4n) is 9.78. The molecule has 8 bridgehead atoms. The summed E-state index contributed by atoms with van der Waals surface area (Å²) in [6.07, 6.45) is 15.4. The van der Waals surface area contributed by atoms with Crippen LogP contribution in [0, 0.1) is 46.3 Å². The number of hydrogen-bond donors (Lipinski definition) is 0. The van der Waals surface area contributed by atoms with Crippen molar-refractivity contribution in [2.45, 2.75) is 96.5 Å². The maximum atomic E-state index is 13.1. The lowest BCUT2D eigenvalue weighted by molar-refractivity contribution is -0.184. The molecule has 4 nitrogen and oxygen atoms in total. The lowest BCUT2D eigenvalue weighted by Gasteiger charge is -2.57. The summed E-state index contributed by atoms with van der Waals surface area (Å²) in [7, 11) is 0. The van der Waals surface area contributed by atoms with E-state index in [1.165, 1.54) is 57.8 Å². The Kier molecular flexibility index (Phi) is 4.56. The SMILES string of the molecule is CC(OC(=O)C12CC3CC(CC(C3)C1)C2)C(=O)OCCC12CC3CC(CC(C3)C1)C2. The van der Waals surface area contributed by atoms with Gasteiger partial charge < -0.3 is 9.47 Å². The molecule has 0 saturated heterocycles. The van der Waals surface area contributed by atoms with Gasteiger partial charge in [-0.25, -0.2) is 4.79 Å². The molecule has 8 aliphatic carbocycles. The summed E-state index contributed by atoms with van der Waals surface area (Å²) in [6.45, 7) is 2.19. The monoisotopic (exact) mass is 414 g/mol. The highest BCUT2D eigenvalue weighted by atomic mass is 16.6. The molecule has 0 amide bonds. The van der Waals surface area contributed by atoms with Gasteiger partial charge in [0.1, 0.15) is 0 Å². The number of carbonyl (C=O) groups is 2. The van der Waals surface area contributed by atoms with Gasteiger partial charge in [-0.3, -0.25) is 4.79 Å². The van der Waals surface area contributed by atoms with E-state index in [9.17, 15) is 9.59 Å². The minimum atomic E-state index is -0.776. The van der Waals surface area contributed by atoms with Crippen LogP contribution < -0.4 is 0 Å². The summed E-state index contributed by atoms with van der Waals surface area (Å²) < 4.78 is 11.4. The lowest BCUT2D eigenvalue weighted by atomic mass is 9.49. The normalized spacial score (nSPS) is 48.6. The van der Waals surface area contributed by atoms with Crippen LogP contribution in [-0.2, 0) is 19.1 Å². The van der Waals surface area contributed by atoms with E-state index in [0.29, 0.717) is 29.8 Å². The number of hydrogen-bond acceptors (Lipinski definition) is 4. The maximum absolute atomic E-state index is 13.1. The molecule has 166 valence electrons. The fraction of sp³-hybridized carbons (Fsp3) is 0.923. The number of rotatable bonds is 6. The fourth-order valence-corrected chi connectivity index (χ4v) is 9.78. The first kappa shape index (κ1) is 19.6. The highest BCUT2D eigenvalue weighted by molar-refractivity contribution is 5.82. The Hall–Kier alpha value is -1.06. The Balaban J connectivity index is 1.01. The summed E-state index contributed by atoms with van der Waals surface area (Å²) in [4.78, 5) is 25.7. The van der Waals surface area contributed by atoms with E-state index in [1.54, 1.807) is 6.92 Å². The van der Waals surface area contributed by atoms with Gasteiger partial charge in [0.05, 0.1) is 12.0 Å².